The number of benzene rings is 3. The molecule has 0 amide bonds. The van der Waals surface area contributed by atoms with Crippen LogP contribution in [0.5, 0.6) is 0 Å². The summed E-state index contributed by atoms with van der Waals surface area (Å²) in [6, 6.07) is 23.1. The molecule has 2 N–H and O–H groups in total. The molecule has 0 spiro atoms. The number of hydrogen-bond donors (Lipinski definition) is 2. The number of nitrogens with zero attached hydrogens (tertiary/aromatic N) is 2. The van der Waals surface area contributed by atoms with Crippen molar-refractivity contribution in [2.75, 3.05) is 22.9 Å². The maximum absolute atomic E-state index is 13.5. The molecule has 0 bridgehead atoms. The van der Waals surface area contributed by atoms with Gasteiger partial charge in [-0.25, -0.2) is 0 Å². The minimum atomic E-state index is -0.189. The Balaban J connectivity index is 1.18. The number of hydrogen-bond acceptors (Lipinski definition) is 8. The van der Waals surface area contributed by atoms with Crippen LogP contribution in [0.2, 0.25) is 0 Å². The van der Waals surface area contributed by atoms with Gasteiger partial charge in [0.1, 0.15) is 11.5 Å². The lowest BCUT2D eigenvalue weighted by Gasteiger charge is -2.29. The van der Waals surface area contributed by atoms with E-state index in [1.54, 1.807) is 24.3 Å². The number of Topliss-reactive ketones (excluding diaryl/α,β-unsaturated/α-hetero) is 2. The molecular weight excluding hydrogens is 589 g/mol. The molecule has 0 fully saturated rings. The third-order valence-electron chi connectivity index (χ3n) is 8.43. The van der Waals surface area contributed by atoms with Gasteiger partial charge in [0.05, 0.1) is 43.7 Å². The van der Waals surface area contributed by atoms with Crippen molar-refractivity contribution in [3.8, 4) is 0 Å². The largest absolute Gasteiger partial charge is 0.506 e. The summed E-state index contributed by atoms with van der Waals surface area (Å²) in [5.41, 5.74) is 4.56. The number of unbranched alkanes of at least 4 members (excludes halogenated alkanes) is 2. The third-order valence-corrected chi connectivity index (χ3v) is 10.8. The third kappa shape index (κ3) is 4.42. The number of rotatable bonds is 8. The molecule has 2 heterocycles. The van der Waals surface area contributed by atoms with Crippen molar-refractivity contribution in [2.24, 2.45) is 0 Å². The first kappa shape index (κ1) is 28.6. The molecule has 7 rings (SSSR count). The molecule has 6 nitrogen and oxygen atoms in total. The monoisotopic (exact) mass is 620 g/mol. The SMILES string of the molecule is CCCCN1C(=C2C(=O)C(c3ccc(C4=C(O)C(=C5Sc6ccccc6N5CCCC)C4=O)cc3)=C2O)Sc2ccccc21. The topological polar surface area (TPSA) is 81.1 Å². The lowest BCUT2D eigenvalue weighted by molar-refractivity contribution is -0.112. The molecular formula is C36H32N2O4S2. The van der Waals surface area contributed by atoms with Crippen molar-refractivity contribution >= 4 is 57.6 Å². The zero-order valence-corrected chi connectivity index (χ0v) is 26.2. The van der Waals surface area contributed by atoms with E-state index in [1.165, 1.54) is 23.5 Å². The quantitative estimate of drug-likeness (QED) is 0.242. The van der Waals surface area contributed by atoms with Crippen LogP contribution in [0.25, 0.3) is 11.1 Å². The number of allylic oxidation sites excluding steroid dienone is 4. The molecule has 0 saturated carbocycles. The molecule has 222 valence electrons. The number of carbonyl (C=O) groups is 2. The van der Waals surface area contributed by atoms with Crippen LogP contribution in [0.4, 0.5) is 11.4 Å². The van der Waals surface area contributed by atoms with Gasteiger partial charge in [0, 0.05) is 22.9 Å². The second-order valence-electron chi connectivity index (χ2n) is 11.2. The fraction of sp³-hybridized carbons (Fsp3) is 0.222. The number of carbonyl (C=O) groups excluding carboxylic acids is 2. The Morgan fingerprint density at radius 3 is 1.32 bits per heavy atom. The molecule has 4 aliphatic rings. The van der Waals surface area contributed by atoms with E-state index in [2.05, 4.69) is 35.8 Å². The number of ketones is 2. The molecule has 0 aromatic heterocycles. The zero-order chi connectivity index (χ0) is 30.5. The molecule has 3 aromatic carbocycles. The first-order valence-electron chi connectivity index (χ1n) is 15.1. The molecule has 0 saturated heterocycles. The summed E-state index contributed by atoms with van der Waals surface area (Å²) in [4.78, 5) is 33.4. The van der Waals surface area contributed by atoms with Gasteiger partial charge in [0.25, 0.3) is 0 Å². The number of para-hydroxylation sites is 2. The zero-order valence-electron chi connectivity index (χ0n) is 24.6. The molecule has 2 aliphatic heterocycles. The van der Waals surface area contributed by atoms with E-state index in [4.69, 9.17) is 0 Å². The van der Waals surface area contributed by atoms with Gasteiger partial charge >= 0.3 is 0 Å². The van der Waals surface area contributed by atoms with E-state index >= 15 is 0 Å². The normalized spacial score (nSPS) is 20.8. The number of aliphatic hydroxyl groups excluding tert-OH is 2. The van der Waals surface area contributed by atoms with E-state index in [1.807, 2.05) is 36.4 Å². The Morgan fingerprint density at radius 1 is 0.568 bits per heavy atom. The molecule has 3 aromatic rings. The van der Waals surface area contributed by atoms with Crippen LogP contribution < -0.4 is 9.80 Å². The molecule has 2 aliphatic carbocycles. The predicted molar refractivity (Wildman–Crippen MR) is 179 cm³/mol. The summed E-state index contributed by atoms with van der Waals surface area (Å²) in [7, 11) is 0. The van der Waals surface area contributed by atoms with Crippen molar-refractivity contribution in [2.45, 2.75) is 49.3 Å². The summed E-state index contributed by atoms with van der Waals surface area (Å²) in [6.07, 6.45) is 3.99. The minimum Gasteiger partial charge on any atom is -0.506 e. The molecule has 44 heavy (non-hydrogen) atoms. The van der Waals surface area contributed by atoms with Crippen molar-refractivity contribution in [1.29, 1.82) is 0 Å². The Kier molecular flexibility index (Phi) is 7.42. The lowest BCUT2D eigenvalue weighted by Crippen LogP contribution is -2.29. The van der Waals surface area contributed by atoms with Crippen LogP contribution in [0.15, 0.2) is 115 Å². The Labute approximate surface area is 265 Å². The maximum Gasteiger partial charge on any atom is 0.203 e. The van der Waals surface area contributed by atoms with Gasteiger partial charge in [0.15, 0.2) is 0 Å². The van der Waals surface area contributed by atoms with Crippen molar-refractivity contribution in [3.63, 3.8) is 0 Å². The smallest absolute Gasteiger partial charge is 0.203 e. The number of fused-ring (bicyclic) bond motifs is 2. The van der Waals surface area contributed by atoms with Gasteiger partial charge < -0.3 is 20.0 Å². The van der Waals surface area contributed by atoms with Crippen LogP contribution in [-0.4, -0.2) is 34.9 Å². The summed E-state index contributed by atoms with van der Waals surface area (Å²) < 4.78 is 0. The molecule has 0 atom stereocenters. The van der Waals surface area contributed by atoms with Crippen LogP contribution in [0.3, 0.4) is 0 Å². The second kappa shape index (κ2) is 11.4. The van der Waals surface area contributed by atoms with E-state index in [0.29, 0.717) is 22.3 Å². The summed E-state index contributed by atoms with van der Waals surface area (Å²) in [6.45, 7) is 5.82. The first-order valence-corrected chi connectivity index (χ1v) is 16.7. The average molecular weight is 621 g/mol. The van der Waals surface area contributed by atoms with Gasteiger partial charge in [-0.15, -0.1) is 0 Å². The van der Waals surface area contributed by atoms with Crippen LogP contribution >= 0.6 is 23.5 Å². The van der Waals surface area contributed by atoms with Crippen LogP contribution in [0.1, 0.15) is 50.7 Å². The highest BCUT2D eigenvalue weighted by atomic mass is 32.2. The second-order valence-corrected chi connectivity index (χ2v) is 13.3. The fourth-order valence-corrected chi connectivity index (χ4v) is 8.52. The highest BCUT2D eigenvalue weighted by Gasteiger charge is 2.43. The first-order chi connectivity index (χ1) is 21.4. The van der Waals surface area contributed by atoms with Crippen molar-refractivity contribution < 1.29 is 19.8 Å². The summed E-state index contributed by atoms with van der Waals surface area (Å²) >= 11 is 3.04. The lowest BCUT2D eigenvalue weighted by atomic mass is 9.81. The highest BCUT2D eigenvalue weighted by molar-refractivity contribution is 8.04. The van der Waals surface area contributed by atoms with Crippen LogP contribution in [0, 0.1) is 0 Å². The van der Waals surface area contributed by atoms with Crippen LogP contribution in [-0.2, 0) is 9.59 Å². The van der Waals surface area contributed by atoms with Gasteiger partial charge in [-0.3, -0.25) is 9.59 Å². The Bertz CT molecular complexity index is 1720. The standard InChI is InChI=1S/C36H32N2O4S2/c1-3-5-19-37-23-11-7-9-13-25(23)43-35(37)29-31(39)27(32(29)40)21-15-17-22(18-16-21)28-33(41)30(34(28)42)36-38(20-6-4-2)24-12-8-10-14-26(24)44-36/h7-18,39,41H,3-6,19-20H2,1-2H3. The van der Waals surface area contributed by atoms with Gasteiger partial charge in [-0.2, -0.15) is 0 Å². The summed E-state index contributed by atoms with van der Waals surface area (Å²) in [5, 5.41) is 23.9. The average Bonchev–Trinajstić information content (AvgIpc) is 3.57. The molecule has 0 radical (unpaired) electrons. The van der Waals surface area contributed by atoms with E-state index < -0.39 is 0 Å². The fourth-order valence-electron chi connectivity index (χ4n) is 6.06. The van der Waals surface area contributed by atoms with E-state index in [0.717, 1.165) is 70.0 Å². The Morgan fingerprint density at radius 2 is 0.955 bits per heavy atom. The van der Waals surface area contributed by atoms with Crippen molar-refractivity contribution in [3.05, 3.63) is 117 Å². The molecule has 8 heteroatoms. The highest BCUT2D eigenvalue weighted by Crippen LogP contribution is 2.53. The summed E-state index contributed by atoms with van der Waals surface area (Å²) in [5.74, 6) is -0.381. The minimum absolute atomic E-state index is 0.00153. The number of aliphatic hydroxyl groups is 2. The Hall–Kier alpha value is -4.14. The van der Waals surface area contributed by atoms with E-state index in [9.17, 15) is 19.8 Å². The van der Waals surface area contributed by atoms with Crippen molar-refractivity contribution in [1.82, 2.24) is 0 Å². The van der Waals surface area contributed by atoms with Gasteiger partial charge in [0.2, 0.25) is 11.6 Å². The number of thioether (sulfide) groups is 2. The van der Waals surface area contributed by atoms with Gasteiger partial charge in [-0.05, 0) is 48.2 Å². The van der Waals surface area contributed by atoms with Gasteiger partial charge in [-0.1, -0.05) is 98.7 Å². The van der Waals surface area contributed by atoms with E-state index in [-0.39, 0.29) is 34.2 Å². The number of anilines is 2. The molecule has 0 unspecified atom stereocenters. The predicted octanol–water partition coefficient (Wildman–Crippen LogP) is 8.64. The maximum atomic E-state index is 13.5.